The molecule has 0 bridgehead atoms. The number of nitrogens with zero attached hydrogens (tertiary/aromatic N) is 1. The van der Waals surface area contributed by atoms with E-state index in [2.05, 4.69) is 22.4 Å². The van der Waals surface area contributed by atoms with E-state index in [1.807, 2.05) is 19.2 Å². The molecule has 2 rings (SSSR count). The smallest absolute Gasteiger partial charge is 0.123 e. The fraction of sp³-hybridized carbons (Fsp3) is 0.308. The number of rotatable bonds is 4. The summed E-state index contributed by atoms with van der Waals surface area (Å²) < 4.78 is 13.1. The van der Waals surface area contributed by atoms with Crippen LogP contribution in [0.4, 0.5) is 4.39 Å². The second kappa shape index (κ2) is 5.10. The first-order valence-corrected chi connectivity index (χ1v) is 5.67. The number of nitrogens with one attached hydrogen (secondary N) is 2. The number of benzene rings is 1. The average Bonchev–Trinajstić information content (AvgIpc) is 2.82. The first-order valence-electron chi connectivity index (χ1n) is 5.67. The van der Waals surface area contributed by atoms with E-state index in [9.17, 15) is 4.39 Å². The molecular weight excluding hydrogens is 217 g/mol. The van der Waals surface area contributed by atoms with Crippen LogP contribution in [0.3, 0.4) is 0 Å². The molecule has 0 aliphatic rings. The second-order valence-electron chi connectivity index (χ2n) is 4.20. The van der Waals surface area contributed by atoms with Crippen LogP contribution in [0, 0.1) is 5.82 Å². The van der Waals surface area contributed by atoms with Gasteiger partial charge in [-0.15, -0.1) is 0 Å². The number of aromatic nitrogens is 2. The van der Waals surface area contributed by atoms with E-state index in [1.54, 1.807) is 18.3 Å². The van der Waals surface area contributed by atoms with E-state index >= 15 is 0 Å². The van der Waals surface area contributed by atoms with Gasteiger partial charge in [-0.1, -0.05) is 12.1 Å². The molecule has 3 nitrogen and oxygen atoms in total. The molecule has 2 atom stereocenters. The van der Waals surface area contributed by atoms with E-state index in [0.29, 0.717) is 0 Å². The molecule has 0 radical (unpaired) electrons. The highest BCUT2D eigenvalue weighted by Crippen LogP contribution is 2.18. The Morgan fingerprint density at radius 1 is 1.24 bits per heavy atom. The van der Waals surface area contributed by atoms with Crippen LogP contribution in [0.15, 0.2) is 36.7 Å². The summed E-state index contributed by atoms with van der Waals surface area (Å²) in [6, 6.07) is 6.92. The van der Waals surface area contributed by atoms with Gasteiger partial charge in [-0.3, -0.25) is 5.10 Å². The Morgan fingerprint density at radius 3 is 2.65 bits per heavy atom. The molecule has 0 fully saturated rings. The number of hydrogen-bond donors (Lipinski definition) is 2. The van der Waals surface area contributed by atoms with Gasteiger partial charge in [0.25, 0.3) is 0 Å². The zero-order valence-electron chi connectivity index (χ0n) is 9.94. The van der Waals surface area contributed by atoms with Crippen LogP contribution in [0.1, 0.15) is 37.1 Å². The van der Waals surface area contributed by atoms with Crippen LogP contribution in [0.25, 0.3) is 0 Å². The van der Waals surface area contributed by atoms with Crippen molar-refractivity contribution in [1.29, 1.82) is 0 Å². The fourth-order valence-corrected chi connectivity index (χ4v) is 1.84. The summed E-state index contributed by atoms with van der Waals surface area (Å²) in [5.41, 5.74) is 2.04. The minimum atomic E-state index is -0.202. The predicted octanol–water partition coefficient (Wildman–Crippen LogP) is 2.96. The van der Waals surface area contributed by atoms with Gasteiger partial charge in [-0.25, -0.2) is 4.39 Å². The van der Waals surface area contributed by atoms with Gasteiger partial charge >= 0.3 is 0 Å². The standard InChI is InChI=1S/C13H16FN3/c1-9(11-4-3-5-13(14)6-11)17-10(2)12-7-15-16-8-12/h3-10,17H,1-2H3,(H,15,16). The zero-order valence-corrected chi connectivity index (χ0v) is 9.94. The van der Waals surface area contributed by atoms with Crippen LogP contribution in [0.5, 0.6) is 0 Å². The second-order valence-corrected chi connectivity index (χ2v) is 4.20. The maximum Gasteiger partial charge on any atom is 0.123 e. The molecule has 0 aliphatic heterocycles. The summed E-state index contributed by atoms with van der Waals surface area (Å²) >= 11 is 0. The Kier molecular flexibility index (Phi) is 3.54. The molecule has 1 aromatic carbocycles. The summed E-state index contributed by atoms with van der Waals surface area (Å²) in [7, 11) is 0. The van der Waals surface area contributed by atoms with E-state index < -0.39 is 0 Å². The number of aromatic amines is 1. The molecule has 2 N–H and O–H groups in total. The van der Waals surface area contributed by atoms with E-state index in [1.165, 1.54) is 6.07 Å². The zero-order chi connectivity index (χ0) is 12.3. The lowest BCUT2D eigenvalue weighted by atomic mass is 10.1. The van der Waals surface area contributed by atoms with Gasteiger partial charge < -0.3 is 5.32 Å². The maximum atomic E-state index is 13.1. The summed E-state index contributed by atoms with van der Waals surface area (Å²) in [6.07, 6.45) is 3.64. The molecule has 4 heteroatoms. The van der Waals surface area contributed by atoms with Gasteiger partial charge in [0, 0.05) is 23.8 Å². The van der Waals surface area contributed by atoms with Crippen LogP contribution < -0.4 is 5.32 Å². The molecular formula is C13H16FN3. The minimum absolute atomic E-state index is 0.0931. The largest absolute Gasteiger partial charge is 0.304 e. The molecule has 0 saturated heterocycles. The summed E-state index contributed by atoms with van der Waals surface area (Å²) in [4.78, 5) is 0. The molecule has 0 saturated carbocycles. The van der Waals surface area contributed by atoms with Gasteiger partial charge in [0.2, 0.25) is 0 Å². The minimum Gasteiger partial charge on any atom is -0.304 e. The Labute approximate surface area is 100 Å². The van der Waals surface area contributed by atoms with E-state index in [-0.39, 0.29) is 17.9 Å². The predicted molar refractivity (Wildman–Crippen MR) is 65.0 cm³/mol. The molecule has 1 heterocycles. The third-order valence-corrected chi connectivity index (χ3v) is 2.87. The average molecular weight is 233 g/mol. The highest BCUT2D eigenvalue weighted by atomic mass is 19.1. The van der Waals surface area contributed by atoms with Crippen molar-refractivity contribution in [3.05, 3.63) is 53.6 Å². The van der Waals surface area contributed by atoms with Crippen LogP contribution in [-0.4, -0.2) is 10.2 Å². The molecule has 0 amide bonds. The summed E-state index contributed by atoms with van der Waals surface area (Å²) in [5, 5.41) is 10.1. The SMILES string of the molecule is CC(NC(C)c1cccc(F)c1)c1cn[nH]c1. The molecule has 0 aliphatic carbocycles. The third-order valence-electron chi connectivity index (χ3n) is 2.87. The van der Waals surface area contributed by atoms with E-state index in [0.717, 1.165) is 11.1 Å². The van der Waals surface area contributed by atoms with Gasteiger partial charge in [0.1, 0.15) is 5.82 Å². The van der Waals surface area contributed by atoms with Crippen LogP contribution >= 0.6 is 0 Å². The normalized spacial score (nSPS) is 14.5. The Morgan fingerprint density at radius 2 is 2.00 bits per heavy atom. The van der Waals surface area contributed by atoms with Gasteiger partial charge in [0.15, 0.2) is 0 Å². The quantitative estimate of drug-likeness (QED) is 0.852. The third kappa shape index (κ3) is 2.91. The molecule has 2 aromatic rings. The lowest BCUT2D eigenvalue weighted by molar-refractivity contribution is 0.492. The molecule has 2 unspecified atom stereocenters. The Balaban J connectivity index is 2.04. The lowest BCUT2D eigenvalue weighted by Crippen LogP contribution is -2.22. The van der Waals surface area contributed by atoms with Crippen LogP contribution in [0.2, 0.25) is 0 Å². The lowest BCUT2D eigenvalue weighted by Gasteiger charge is -2.19. The van der Waals surface area contributed by atoms with Gasteiger partial charge in [-0.05, 0) is 31.5 Å². The maximum absolute atomic E-state index is 13.1. The van der Waals surface area contributed by atoms with Crippen LogP contribution in [-0.2, 0) is 0 Å². The number of H-pyrrole nitrogens is 1. The first kappa shape index (κ1) is 11.8. The fourth-order valence-electron chi connectivity index (χ4n) is 1.84. The van der Waals surface area contributed by atoms with Crippen molar-refractivity contribution in [2.45, 2.75) is 25.9 Å². The van der Waals surface area contributed by atoms with Gasteiger partial charge in [0.05, 0.1) is 6.20 Å². The Bertz CT molecular complexity index is 467. The molecule has 90 valence electrons. The summed E-state index contributed by atoms with van der Waals surface area (Å²) in [6.45, 7) is 4.08. The van der Waals surface area contributed by atoms with Crippen molar-refractivity contribution in [2.24, 2.45) is 0 Å². The molecule has 17 heavy (non-hydrogen) atoms. The van der Waals surface area contributed by atoms with Crippen molar-refractivity contribution in [2.75, 3.05) is 0 Å². The van der Waals surface area contributed by atoms with E-state index in [4.69, 9.17) is 0 Å². The van der Waals surface area contributed by atoms with Crippen molar-refractivity contribution in [1.82, 2.24) is 15.5 Å². The number of halogens is 1. The van der Waals surface area contributed by atoms with Crippen molar-refractivity contribution < 1.29 is 4.39 Å². The Hall–Kier alpha value is -1.68. The highest BCUT2D eigenvalue weighted by Gasteiger charge is 2.12. The van der Waals surface area contributed by atoms with Gasteiger partial charge in [-0.2, -0.15) is 5.10 Å². The topological polar surface area (TPSA) is 40.7 Å². The molecule has 0 spiro atoms. The van der Waals surface area contributed by atoms with Crippen molar-refractivity contribution in [3.8, 4) is 0 Å². The summed E-state index contributed by atoms with van der Waals surface area (Å²) in [5.74, 6) is -0.202. The number of hydrogen-bond acceptors (Lipinski definition) is 2. The van der Waals surface area contributed by atoms with Crippen molar-refractivity contribution >= 4 is 0 Å². The van der Waals surface area contributed by atoms with Crippen molar-refractivity contribution in [3.63, 3.8) is 0 Å². The highest BCUT2D eigenvalue weighted by molar-refractivity contribution is 5.20. The monoisotopic (exact) mass is 233 g/mol. The first-order chi connectivity index (χ1) is 8.16. The molecule has 1 aromatic heterocycles.